The minimum Gasteiger partial charge on any atom is -0.361 e. The molecule has 0 spiro atoms. The van der Waals surface area contributed by atoms with Crippen LogP contribution in [0.25, 0.3) is 10.9 Å². The molecule has 0 aliphatic heterocycles. The maximum absolute atomic E-state index is 5.51. The van der Waals surface area contributed by atoms with Crippen molar-refractivity contribution in [3.8, 4) is 0 Å². The zero-order valence-electron chi connectivity index (χ0n) is 11.4. The number of aromatic nitrogens is 1. The van der Waals surface area contributed by atoms with Crippen molar-refractivity contribution in [1.29, 1.82) is 0 Å². The van der Waals surface area contributed by atoms with E-state index in [1.54, 1.807) is 0 Å². The highest BCUT2D eigenvalue weighted by Gasteiger charge is 2.07. The van der Waals surface area contributed by atoms with E-state index in [-0.39, 0.29) is 0 Å². The summed E-state index contributed by atoms with van der Waals surface area (Å²) in [5.41, 5.74) is 2.57. The molecule has 0 saturated carbocycles. The van der Waals surface area contributed by atoms with Crippen LogP contribution in [0.1, 0.15) is 26.3 Å². The molecule has 2 rings (SSSR count). The minimum absolute atomic E-state index is 0.499. The number of para-hydroxylation sites is 1. The number of nitrogens with one attached hydrogen (secondary N) is 1. The molecule has 1 aromatic heterocycles. The van der Waals surface area contributed by atoms with Gasteiger partial charge in [-0.2, -0.15) is 0 Å². The monoisotopic (exact) mass is 246 g/mol. The zero-order valence-corrected chi connectivity index (χ0v) is 11.4. The average molecular weight is 246 g/mol. The predicted molar refractivity (Wildman–Crippen MR) is 75.5 cm³/mol. The molecule has 0 aliphatic carbocycles. The van der Waals surface area contributed by atoms with Gasteiger partial charge >= 0.3 is 0 Å². The molecule has 2 aromatic rings. The SMILES string of the molecule is CCOCn1cc(CNC(C)C)c2ccccc21. The normalized spacial score (nSPS) is 11.6. The topological polar surface area (TPSA) is 26.2 Å². The molecular weight excluding hydrogens is 224 g/mol. The van der Waals surface area contributed by atoms with E-state index in [0.717, 1.165) is 13.2 Å². The molecule has 0 saturated heterocycles. The minimum atomic E-state index is 0.499. The number of hydrogen-bond donors (Lipinski definition) is 1. The van der Waals surface area contributed by atoms with Crippen molar-refractivity contribution in [2.75, 3.05) is 6.61 Å². The van der Waals surface area contributed by atoms with Crippen LogP contribution in [0.4, 0.5) is 0 Å². The molecule has 0 bridgehead atoms. The Morgan fingerprint density at radius 3 is 2.78 bits per heavy atom. The van der Waals surface area contributed by atoms with Gasteiger partial charge in [0.05, 0.1) is 5.52 Å². The van der Waals surface area contributed by atoms with E-state index in [4.69, 9.17) is 4.74 Å². The van der Waals surface area contributed by atoms with E-state index in [2.05, 4.69) is 54.2 Å². The van der Waals surface area contributed by atoms with Crippen molar-refractivity contribution in [2.45, 2.75) is 40.1 Å². The standard InChI is InChI=1S/C15H22N2O/c1-4-18-11-17-10-13(9-16-12(2)3)14-7-5-6-8-15(14)17/h5-8,10,12,16H,4,9,11H2,1-3H3. The summed E-state index contributed by atoms with van der Waals surface area (Å²) in [4.78, 5) is 0. The van der Waals surface area contributed by atoms with Gasteiger partial charge in [-0.1, -0.05) is 32.0 Å². The van der Waals surface area contributed by atoms with E-state index in [0.29, 0.717) is 12.8 Å². The lowest BCUT2D eigenvalue weighted by molar-refractivity contribution is 0.0908. The van der Waals surface area contributed by atoms with Crippen molar-refractivity contribution in [2.24, 2.45) is 0 Å². The molecule has 3 nitrogen and oxygen atoms in total. The van der Waals surface area contributed by atoms with Crippen molar-refractivity contribution in [3.05, 3.63) is 36.0 Å². The third kappa shape index (κ3) is 2.92. The van der Waals surface area contributed by atoms with E-state index in [1.807, 2.05) is 6.92 Å². The van der Waals surface area contributed by atoms with Crippen molar-refractivity contribution >= 4 is 10.9 Å². The molecule has 1 heterocycles. The fourth-order valence-corrected chi connectivity index (χ4v) is 2.07. The molecule has 0 fully saturated rings. The number of nitrogens with zero attached hydrogens (tertiary/aromatic N) is 1. The Kier molecular flexibility index (Phi) is 4.39. The smallest absolute Gasteiger partial charge is 0.122 e. The maximum atomic E-state index is 5.51. The van der Waals surface area contributed by atoms with Gasteiger partial charge in [-0.3, -0.25) is 0 Å². The van der Waals surface area contributed by atoms with E-state index in [1.165, 1.54) is 16.5 Å². The second-order valence-corrected chi connectivity index (χ2v) is 4.80. The third-order valence-corrected chi connectivity index (χ3v) is 3.01. The Hall–Kier alpha value is -1.32. The van der Waals surface area contributed by atoms with Gasteiger partial charge in [-0.15, -0.1) is 0 Å². The molecule has 0 amide bonds. The number of rotatable bonds is 6. The molecule has 0 atom stereocenters. The fraction of sp³-hybridized carbons (Fsp3) is 0.467. The molecule has 18 heavy (non-hydrogen) atoms. The van der Waals surface area contributed by atoms with Crippen molar-refractivity contribution < 1.29 is 4.74 Å². The highest BCUT2D eigenvalue weighted by molar-refractivity contribution is 5.83. The lowest BCUT2D eigenvalue weighted by Gasteiger charge is -2.06. The summed E-state index contributed by atoms with van der Waals surface area (Å²) >= 11 is 0. The third-order valence-electron chi connectivity index (χ3n) is 3.01. The average Bonchev–Trinajstić information content (AvgIpc) is 2.72. The van der Waals surface area contributed by atoms with Crippen molar-refractivity contribution in [1.82, 2.24) is 9.88 Å². The summed E-state index contributed by atoms with van der Waals surface area (Å²) in [5.74, 6) is 0. The van der Waals surface area contributed by atoms with E-state index < -0.39 is 0 Å². The predicted octanol–water partition coefficient (Wildman–Crippen LogP) is 3.13. The molecule has 1 N–H and O–H groups in total. The zero-order chi connectivity index (χ0) is 13.0. The fourth-order valence-electron chi connectivity index (χ4n) is 2.07. The lowest BCUT2D eigenvalue weighted by atomic mass is 10.2. The Morgan fingerprint density at radius 1 is 1.28 bits per heavy atom. The summed E-state index contributed by atoms with van der Waals surface area (Å²) in [7, 11) is 0. The summed E-state index contributed by atoms with van der Waals surface area (Å²) in [6, 6.07) is 8.98. The van der Waals surface area contributed by atoms with Gasteiger partial charge in [0.2, 0.25) is 0 Å². The second kappa shape index (κ2) is 6.03. The molecule has 0 radical (unpaired) electrons. The molecule has 0 aliphatic rings. The van der Waals surface area contributed by atoms with E-state index >= 15 is 0 Å². The molecule has 0 unspecified atom stereocenters. The van der Waals surface area contributed by atoms with Crippen LogP contribution in [0.2, 0.25) is 0 Å². The molecular formula is C15H22N2O. The first kappa shape index (κ1) is 13.1. The number of ether oxygens (including phenoxy) is 1. The summed E-state index contributed by atoms with van der Waals surface area (Å²) in [6.45, 7) is 8.62. The molecule has 98 valence electrons. The number of hydrogen-bond acceptors (Lipinski definition) is 2. The Balaban J connectivity index is 2.28. The van der Waals surface area contributed by atoms with Crippen molar-refractivity contribution in [3.63, 3.8) is 0 Å². The van der Waals surface area contributed by atoms with Gasteiger partial charge in [0.1, 0.15) is 6.73 Å². The maximum Gasteiger partial charge on any atom is 0.122 e. The van der Waals surface area contributed by atoms with Crippen LogP contribution < -0.4 is 5.32 Å². The van der Waals surface area contributed by atoms with Gasteiger partial charge in [-0.05, 0) is 18.6 Å². The quantitative estimate of drug-likeness (QED) is 0.847. The van der Waals surface area contributed by atoms with E-state index in [9.17, 15) is 0 Å². The number of fused-ring (bicyclic) bond motifs is 1. The first-order chi connectivity index (χ1) is 8.72. The first-order valence-electron chi connectivity index (χ1n) is 6.60. The van der Waals surface area contributed by atoms with Crippen LogP contribution in [-0.4, -0.2) is 17.2 Å². The first-order valence-corrected chi connectivity index (χ1v) is 6.60. The highest BCUT2D eigenvalue weighted by Crippen LogP contribution is 2.21. The molecule has 1 aromatic carbocycles. The second-order valence-electron chi connectivity index (χ2n) is 4.80. The van der Waals surface area contributed by atoms with Crippen LogP contribution >= 0.6 is 0 Å². The van der Waals surface area contributed by atoms with Crippen LogP contribution in [0.15, 0.2) is 30.5 Å². The largest absolute Gasteiger partial charge is 0.361 e. The van der Waals surface area contributed by atoms with Crippen LogP contribution in [-0.2, 0) is 18.0 Å². The van der Waals surface area contributed by atoms with Gasteiger partial charge in [0, 0.05) is 30.8 Å². The highest BCUT2D eigenvalue weighted by atomic mass is 16.5. The number of benzene rings is 1. The van der Waals surface area contributed by atoms with Gasteiger partial charge < -0.3 is 14.6 Å². The molecule has 3 heteroatoms. The Labute approximate surface area is 109 Å². The van der Waals surface area contributed by atoms with Gasteiger partial charge in [0.25, 0.3) is 0 Å². The summed E-state index contributed by atoms with van der Waals surface area (Å²) < 4.78 is 7.69. The Bertz CT molecular complexity index is 502. The van der Waals surface area contributed by atoms with Crippen LogP contribution in [0, 0.1) is 0 Å². The summed E-state index contributed by atoms with van der Waals surface area (Å²) in [6.07, 6.45) is 2.19. The lowest BCUT2D eigenvalue weighted by Crippen LogP contribution is -2.21. The van der Waals surface area contributed by atoms with Crippen LogP contribution in [0.5, 0.6) is 0 Å². The van der Waals surface area contributed by atoms with Gasteiger partial charge in [0.15, 0.2) is 0 Å². The van der Waals surface area contributed by atoms with Gasteiger partial charge in [-0.25, -0.2) is 0 Å². The summed E-state index contributed by atoms with van der Waals surface area (Å²) in [5, 5.41) is 4.78. The Morgan fingerprint density at radius 2 is 2.06 bits per heavy atom. The van der Waals surface area contributed by atoms with Crippen LogP contribution in [0.3, 0.4) is 0 Å².